The average molecular weight is 427 g/mol. The second-order valence-electron chi connectivity index (χ2n) is 7.28. The number of alkyl halides is 3. The van der Waals surface area contributed by atoms with E-state index < -0.39 is 41.4 Å². The second kappa shape index (κ2) is 8.00. The van der Waals surface area contributed by atoms with Crippen LogP contribution < -0.4 is 4.90 Å². The van der Waals surface area contributed by atoms with Crippen LogP contribution in [0.25, 0.3) is 0 Å². The van der Waals surface area contributed by atoms with Gasteiger partial charge in [-0.2, -0.15) is 13.2 Å². The number of halogens is 5. The Morgan fingerprint density at radius 3 is 2.40 bits per heavy atom. The minimum absolute atomic E-state index is 0.0703. The predicted molar refractivity (Wildman–Crippen MR) is 98.0 cm³/mol. The summed E-state index contributed by atoms with van der Waals surface area (Å²) in [7, 11) is 0. The number of hydrogen-bond acceptors (Lipinski definition) is 3. The van der Waals surface area contributed by atoms with Crippen molar-refractivity contribution in [3.05, 3.63) is 59.4 Å². The Balaban J connectivity index is 1.83. The number of carbonyl (C=O) groups is 2. The molecule has 0 bridgehead atoms. The summed E-state index contributed by atoms with van der Waals surface area (Å²) >= 11 is 0. The Bertz CT molecular complexity index is 960. The van der Waals surface area contributed by atoms with Gasteiger partial charge in [-0.3, -0.25) is 9.69 Å². The van der Waals surface area contributed by atoms with Crippen LogP contribution in [-0.2, 0) is 6.18 Å². The fourth-order valence-electron chi connectivity index (χ4n) is 3.26. The maximum absolute atomic E-state index is 13.4. The number of urea groups is 1. The van der Waals surface area contributed by atoms with Gasteiger partial charge in [0.1, 0.15) is 5.69 Å². The van der Waals surface area contributed by atoms with E-state index in [4.69, 9.17) is 0 Å². The molecule has 0 unspecified atom stereocenters. The molecule has 1 aromatic carbocycles. The van der Waals surface area contributed by atoms with Crippen molar-refractivity contribution in [3.63, 3.8) is 0 Å². The highest BCUT2D eigenvalue weighted by Gasteiger charge is 2.41. The fourth-order valence-corrected chi connectivity index (χ4v) is 3.26. The summed E-state index contributed by atoms with van der Waals surface area (Å²) in [6.07, 6.45) is -3.64. The number of amides is 2. The minimum atomic E-state index is -4.60. The van der Waals surface area contributed by atoms with Crippen molar-refractivity contribution < 1.29 is 31.5 Å². The van der Waals surface area contributed by atoms with Crippen LogP contribution in [0.15, 0.2) is 36.5 Å². The number of nitrogens with zero attached hydrogens (tertiary/aromatic N) is 3. The van der Waals surface area contributed by atoms with E-state index in [0.717, 1.165) is 36.5 Å². The van der Waals surface area contributed by atoms with Gasteiger partial charge in [-0.15, -0.1) is 0 Å². The smallest absolute Gasteiger partial charge is 0.312 e. The molecule has 160 valence electrons. The number of anilines is 1. The molecule has 1 atom stereocenters. The average Bonchev–Trinajstić information content (AvgIpc) is 3.00. The van der Waals surface area contributed by atoms with Crippen LogP contribution in [0.1, 0.15) is 29.9 Å². The van der Waals surface area contributed by atoms with E-state index in [1.54, 1.807) is 0 Å². The number of rotatable bonds is 5. The maximum atomic E-state index is 13.4. The van der Waals surface area contributed by atoms with Gasteiger partial charge < -0.3 is 4.90 Å². The molecule has 30 heavy (non-hydrogen) atoms. The highest BCUT2D eigenvalue weighted by Crippen LogP contribution is 2.31. The first-order valence-electron chi connectivity index (χ1n) is 9.08. The quantitative estimate of drug-likeness (QED) is 0.521. The van der Waals surface area contributed by atoms with Crippen LogP contribution in [0.5, 0.6) is 0 Å². The molecule has 1 fully saturated rings. The molecule has 0 aliphatic carbocycles. The molecule has 2 aromatic rings. The Kier molecular flexibility index (Phi) is 5.78. The van der Waals surface area contributed by atoms with Gasteiger partial charge in [-0.25, -0.2) is 18.6 Å². The molecule has 0 saturated carbocycles. The number of hydrogen-bond donors (Lipinski definition) is 0. The predicted octanol–water partition coefficient (Wildman–Crippen LogP) is 4.53. The van der Waals surface area contributed by atoms with E-state index in [9.17, 15) is 31.5 Å². The zero-order valence-corrected chi connectivity index (χ0v) is 16.1. The summed E-state index contributed by atoms with van der Waals surface area (Å²) in [6, 6.07) is 3.66. The lowest BCUT2D eigenvalue weighted by Gasteiger charge is -2.25. The van der Waals surface area contributed by atoms with Crippen molar-refractivity contribution in [2.24, 2.45) is 5.92 Å². The van der Waals surface area contributed by atoms with Gasteiger partial charge in [0.2, 0.25) is 0 Å². The minimum Gasteiger partial charge on any atom is -0.312 e. The van der Waals surface area contributed by atoms with Crippen LogP contribution in [0.3, 0.4) is 0 Å². The molecule has 10 heteroatoms. The molecular weight excluding hydrogens is 409 g/mol. The third kappa shape index (κ3) is 4.27. The summed E-state index contributed by atoms with van der Waals surface area (Å²) in [5, 5.41) is 0. The number of carbonyl (C=O) groups excluding carboxylic acids is 2. The third-order valence-electron chi connectivity index (χ3n) is 4.92. The molecule has 0 spiro atoms. The first kappa shape index (κ1) is 21.7. The van der Waals surface area contributed by atoms with E-state index in [1.165, 1.54) is 9.80 Å². The molecule has 3 rings (SSSR count). The van der Waals surface area contributed by atoms with Crippen molar-refractivity contribution in [1.82, 2.24) is 9.88 Å². The van der Waals surface area contributed by atoms with Crippen LogP contribution in [-0.4, -0.2) is 40.8 Å². The number of ketones is 1. The van der Waals surface area contributed by atoms with Gasteiger partial charge in [-0.05, 0) is 36.2 Å². The molecule has 1 aliphatic rings. The largest absolute Gasteiger partial charge is 0.433 e. The molecule has 1 aromatic heterocycles. The van der Waals surface area contributed by atoms with Crippen molar-refractivity contribution >= 4 is 17.5 Å². The van der Waals surface area contributed by atoms with Gasteiger partial charge in [0, 0.05) is 12.1 Å². The van der Waals surface area contributed by atoms with E-state index in [0.29, 0.717) is 0 Å². The van der Waals surface area contributed by atoms with Crippen LogP contribution in [0, 0.1) is 17.6 Å². The van der Waals surface area contributed by atoms with Crippen molar-refractivity contribution in [1.29, 1.82) is 0 Å². The molecule has 1 aliphatic heterocycles. The van der Waals surface area contributed by atoms with Crippen molar-refractivity contribution in [2.45, 2.75) is 26.1 Å². The zero-order chi connectivity index (χ0) is 22.2. The monoisotopic (exact) mass is 427 g/mol. The zero-order valence-electron chi connectivity index (χ0n) is 16.1. The van der Waals surface area contributed by atoms with E-state index >= 15 is 0 Å². The van der Waals surface area contributed by atoms with Crippen molar-refractivity contribution in [3.8, 4) is 0 Å². The molecule has 1 saturated heterocycles. The Labute approximate surface area is 169 Å². The summed E-state index contributed by atoms with van der Waals surface area (Å²) < 4.78 is 64.7. The fraction of sp³-hybridized carbons (Fsp3) is 0.350. The summed E-state index contributed by atoms with van der Waals surface area (Å²) in [5.74, 6) is -2.92. The lowest BCUT2D eigenvalue weighted by atomic mass is 10.0. The van der Waals surface area contributed by atoms with Gasteiger partial charge >= 0.3 is 12.2 Å². The van der Waals surface area contributed by atoms with Crippen LogP contribution >= 0.6 is 0 Å². The summed E-state index contributed by atoms with van der Waals surface area (Å²) in [5.41, 5.74) is -0.996. The number of aromatic nitrogens is 1. The molecular formula is C20H18F5N3O2. The highest BCUT2D eigenvalue weighted by atomic mass is 19.4. The van der Waals surface area contributed by atoms with E-state index in [-0.39, 0.29) is 30.3 Å². The SMILES string of the molecule is CC(C)[C@H]1CN(c2ccc(C(F)(F)F)nc2)C(=O)N1CC(=O)c1ccc(F)c(F)c1. The number of Topliss-reactive ketones (excluding diaryl/α,β-unsaturated/α-hetero) is 1. The first-order chi connectivity index (χ1) is 14.0. The van der Waals surface area contributed by atoms with Gasteiger partial charge in [0.25, 0.3) is 0 Å². The Morgan fingerprint density at radius 1 is 1.17 bits per heavy atom. The van der Waals surface area contributed by atoms with Gasteiger partial charge in [0.05, 0.1) is 24.5 Å². The lowest BCUT2D eigenvalue weighted by Crippen LogP contribution is -2.41. The molecule has 5 nitrogen and oxygen atoms in total. The molecule has 0 N–H and O–H groups in total. The van der Waals surface area contributed by atoms with Gasteiger partial charge in [0.15, 0.2) is 17.4 Å². The van der Waals surface area contributed by atoms with Crippen molar-refractivity contribution in [2.75, 3.05) is 18.0 Å². The highest BCUT2D eigenvalue weighted by molar-refractivity contribution is 6.02. The number of benzene rings is 1. The second-order valence-corrected chi connectivity index (χ2v) is 7.28. The maximum Gasteiger partial charge on any atom is 0.433 e. The third-order valence-corrected chi connectivity index (χ3v) is 4.92. The van der Waals surface area contributed by atoms with Crippen LogP contribution in [0.4, 0.5) is 32.4 Å². The van der Waals surface area contributed by atoms with Crippen LogP contribution in [0.2, 0.25) is 0 Å². The molecule has 0 radical (unpaired) electrons. The van der Waals surface area contributed by atoms with E-state index in [1.807, 2.05) is 13.8 Å². The standard InChI is InChI=1S/C20H18F5N3O2/c1-11(2)16-9-27(13-4-6-18(26-8-13)20(23,24)25)19(30)28(16)10-17(29)12-3-5-14(21)15(22)7-12/h3-8,11,16H,9-10H2,1-2H3/t16-/m1/s1. The Hall–Kier alpha value is -3.04. The topological polar surface area (TPSA) is 53.5 Å². The lowest BCUT2D eigenvalue weighted by molar-refractivity contribution is -0.141. The molecule has 2 amide bonds. The summed E-state index contributed by atoms with van der Waals surface area (Å²) in [4.78, 5) is 31.3. The molecule has 2 heterocycles. The Morgan fingerprint density at radius 2 is 1.87 bits per heavy atom. The summed E-state index contributed by atoms with van der Waals surface area (Å²) in [6.45, 7) is 3.44. The number of pyridine rings is 1. The van der Waals surface area contributed by atoms with E-state index in [2.05, 4.69) is 4.98 Å². The van der Waals surface area contributed by atoms with Gasteiger partial charge in [-0.1, -0.05) is 13.8 Å². The normalized spacial score (nSPS) is 17.2. The first-order valence-corrected chi connectivity index (χ1v) is 9.08.